The van der Waals surface area contributed by atoms with Crippen LogP contribution in [0, 0.1) is 29.1 Å². The standard InChI is InChI=1S/C7HF5OS2/c8-1-2(9)4(11)6(13-7(14)15)5(12)3(1)10/h(H,14,15). The molecule has 8 heteroatoms. The van der Waals surface area contributed by atoms with Crippen LogP contribution in [0.3, 0.4) is 0 Å². The minimum Gasteiger partial charge on any atom is -0.434 e. The Bertz CT molecular complexity index is 405. The molecule has 0 N–H and O–H groups in total. The van der Waals surface area contributed by atoms with Crippen LogP contribution in [-0.2, 0) is 0 Å². The van der Waals surface area contributed by atoms with Crippen molar-refractivity contribution in [2.75, 3.05) is 0 Å². The van der Waals surface area contributed by atoms with Gasteiger partial charge in [0.25, 0.3) is 0 Å². The fourth-order valence-electron chi connectivity index (χ4n) is 0.762. The minimum atomic E-state index is -2.26. The molecule has 1 aromatic rings. The monoisotopic (exact) mass is 260 g/mol. The van der Waals surface area contributed by atoms with Gasteiger partial charge in [-0.05, 0) is 12.2 Å². The van der Waals surface area contributed by atoms with Crippen LogP contribution < -0.4 is 4.74 Å². The van der Waals surface area contributed by atoms with Gasteiger partial charge in [0, 0.05) is 0 Å². The van der Waals surface area contributed by atoms with Crippen molar-refractivity contribution in [2.24, 2.45) is 0 Å². The SMILES string of the molecule is Fc1c(F)c(F)c(OC(=S)S)c(F)c1F. The Morgan fingerprint density at radius 3 is 1.53 bits per heavy atom. The number of hydrogen-bond acceptors (Lipinski definition) is 2. The van der Waals surface area contributed by atoms with E-state index in [0.717, 1.165) is 0 Å². The van der Waals surface area contributed by atoms with Crippen LogP contribution in [0.1, 0.15) is 0 Å². The highest BCUT2D eigenvalue weighted by Crippen LogP contribution is 2.29. The van der Waals surface area contributed by atoms with E-state index in [2.05, 4.69) is 29.6 Å². The lowest BCUT2D eigenvalue weighted by Crippen LogP contribution is -2.08. The second-order valence-corrected chi connectivity index (χ2v) is 3.35. The van der Waals surface area contributed by atoms with Gasteiger partial charge in [-0.2, -0.15) is 8.78 Å². The van der Waals surface area contributed by atoms with Crippen molar-refractivity contribution in [3.05, 3.63) is 29.1 Å². The van der Waals surface area contributed by atoms with E-state index in [0.29, 0.717) is 0 Å². The van der Waals surface area contributed by atoms with E-state index in [1.165, 1.54) is 0 Å². The summed E-state index contributed by atoms with van der Waals surface area (Å²) < 4.78 is 66.7. The summed E-state index contributed by atoms with van der Waals surface area (Å²) in [6.45, 7) is 0. The Hall–Kier alpha value is -0.890. The van der Waals surface area contributed by atoms with Crippen LogP contribution in [0.15, 0.2) is 0 Å². The molecule has 0 heterocycles. The van der Waals surface area contributed by atoms with E-state index in [4.69, 9.17) is 0 Å². The molecule has 1 nitrogen and oxygen atoms in total. The third-order valence-corrected chi connectivity index (χ3v) is 1.53. The fraction of sp³-hybridized carbons (Fsp3) is 0. The van der Waals surface area contributed by atoms with Crippen molar-refractivity contribution in [2.45, 2.75) is 0 Å². The molecule has 0 fully saturated rings. The molecule has 0 saturated heterocycles. The topological polar surface area (TPSA) is 9.23 Å². The molecule has 0 amide bonds. The third kappa shape index (κ3) is 2.20. The number of ether oxygens (including phenoxy) is 1. The summed E-state index contributed by atoms with van der Waals surface area (Å²) in [4.78, 5) is 0. The maximum atomic E-state index is 12.8. The zero-order chi connectivity index (χ0) is 11.7. The first-order chi connectivity index (χ1) is 6.86. The molecule has 0 spiro atoms. The summed E-state index contributed by atoms with van der Waals surface area (Å²) in [6.07, 6.45) is 0. The number of halogens is 5. The average molecular weight is 260 g/mol. The maximum Gasteiger partial charge on any atom is 0.223 e. The van der Waals surface area contributed by atoms with E-state index in [1.54, 1.807) is 0 Å². The van der Waals surface area contributed by atoms with Crippen LogP contribution in [-0.4, -0.2) is 4.38 Å². The quantitative estimate of drug-likeness (QED) is 0.273. The average Bonchev–Trinajstić information content (AvgIpc) is 2.18. The first kappa shape index (κ1) is 12.2. The van der Waals surface area contributed by atoms with Crippen LogP contribution in [0.2, 0.25) is 0 Å². The summed E-state index contributed by atoms with van der Waals surface area (Å²) in [5, 5.41) is 0. The van der Waals surface area contributed by atoms with Crippen LogP contribution in [0.5, 0.6) is 5.75 Å². The molecule has 0 radical (unpaired) electrons. The van der Waals surface area contributed by atoms with E-state index >= 15 is 0 Å². The van der Waals surface area contributed by atoms with Gasteiger partial charge in [-0.25, -0.2) is 13.2 Å². The van der Waals surface area contributed by atoms with Gasteiger partial charge in [-0.3, -0.25) is 0 Å². The first-order valence-electron chi connectivity index (χ1n) is 3.28. The second-order valence-electron chi connectivity index (χ2n) is 2.27. The van der Waals surface area contributed by atoms with Crippen LogP contribution >= 0.6 is 24.8 Å². The largest absolute Gasteiger partial charge is 0.434 e. The molecule has 0 atom stereocenters. The van der Waals surface area contributed by atoms with Crippen LogP contribution in [0.25, 0.3) is 0 Å². The van der Waals surface area contributed by atoms with Gasteiger partial charge in [0.2, 0.25) is 39.2 Å². The van der Waals surface area contributed by atoms with E-state index in [1.807, 2.05) is 0 Å². The number of rotatable bonds is 1. The van der Waals surface area contributed by atoms with Gasteiger partial charge in [0.15, 0.2) is 0 Å². The molecule has 15 heavy (non-hydrogen) atoms. The van der Waals surface area contributed by atoms with Crippen LogP contribution in [0.4, 0.5) is 22.0 Å². The number of thiocarbonyl (C=S) groups is 1. The van der Waals surface area contributed by atoms with Gasteiger partial charge in [-0.1, -0.05) is 12.6 Å². The van der Waals surface area contributed by atoms with Crippen molar-refractivity contribution in [3.8, 4) is 5.75 Å². The van der Waals surface area contributed by atoms with Gasteiger partial charge in [0.1, 0.15) is 0 Å². The summed E-state index contributed by atoms with van der Waals surface area (Å²) in [5.41, 5.74) is 0. The fourth-order valence-corrected chi connectivity index (χ4v) is 0.936. The lowest BCUT2D eigenvalue weighted by molar-refractivity contribution is 0.348. The number of thiol groups is 1. The predicted molar refractivity (Wildman–Crippen MR) is 48.4 cm³/mol. The third-order valence-electron chi connectivity index (χ3n) is 1.36. The normalized spacial score (nSPS) is 10.3. The van der Waals surface area contributed by atoms with Gasteiger partial charge in [-0.15, -0.1) is 0 Å². The van der Waals surface area contributed by atoms with Gasteiger partial charge >= 0.3 is 0 Å². The molecular weight excluding hydrogens is 259 g/mol. The van der Waals surface area contributed by atoms with E-state index in [9.17, 15) is 22.0 Å². The van der Waals surface area contributed by atoms with Crippen molar-refractivity contribution in [1.29, 1.82) is 0 Å². The summed E-state index contributed by atoms with van der Waals surface area (Å²) in [7, 11) is 0. The lowest BCUT2D eigenvalue weighted by atomic mass is 10.3. The Kier molecular flexibility index (Phi) is 3.50. The minimum absolute atomic E-state index is 0.668. The highest BCUT2D eigenvalue weighted by molar-refractivity contribution is 8.10. The highest BCUT2D eigenvalue weighted by atomic mass is 32.1. The van der Waals surface area contributed by atoms with Crippen molar-refractivity contribution >= 4 is 29.2 Å². The lowest BCUT2D eigenvalue weighted by Gasteiger charge is -2.07. The maximum absolute atomic E-state index is 12.8. The Balaban J connectivity index is 3.45. The molecule has 1 aromatic carbocycles. The van der Waals surface area contributed by atoms with Crippen molar-refractivity contribution in [1.82, 2.24) is 0 Å². The zero-order valence-electron chi connectivity index (χ0n) is 6.65. The van der Waals surface area contributed by atoms with Crippen molar-refractivity contribution < 1.29 is 26.7 Å². The molecule has 0 aliphatic carbocycles. The smallest absolute Gasteiger partial charge is 0.223 e. The molecular formula is C7HF5OS2. The second kappa shape index (κ2) is 4.31. The Morgan fingerprint density at radius 1 is 0.867 bits per heavy atom. The Morgan fingerprint density at radius 2 is 1.20 bits per heavy atom. The molecule has 0 bridgehead atoms. The van der Waals surface area contributed by atoms with E-state index in [-0.39, 0.29) is 0 Å². The molecule has 1 rings (SSSR count). The highest BCUT2D eigenvalue weighted by Gasteiger charge is 2.27. The van der Waals surface area contributed by atoms with E-state index < -0.39 is 39.2 Å². The number of benzene rings is 1. The molecule has 0 unspecified atom stereocenters. The first-order valence-corrected chi connectivity index (χ1v) is 4.14. The molecule has 0 saturated carbocycles. The summed E-state index contributed by atoms with van der Waals surface area (Å²) >= 11 is 7.52. The summed E-state index contributed by atoms with van der Waals surface area (Å²) in [5.74, 6) is -12.1. The summed E-state index contributed by atoms with van der Waals surface area (Å²) in [6, 6.07) is 0. The molecule has 0 aromatic heterocycles. The van der Waals surface area contributed by atoms with Gasteiger partial charge in [0.05, 0.1) is 0 Å². The van der Waals surface area contributed by atoms with Gasteiger partial charge < -0.3 is 4.74 Å². The van der Waals surface area contributed by atoms with Crippen molar-refractivity contribution in [3.63, 3.8) is 0 Å². The predicted octanol–water partition coefficient (Wildman–Crippen LogP) is 2.98. The molecule has 0 aliphatic heterocycles. The zero-order valence-corrected chi connectivity index (χ0v) is 8.36. The number of hydrogen-bond donors (Lipinski definition) is 1. The molecule has 0 aliphatic rings. The molecule has 82 valence electrons. The Labute approximate surface area is 91.3 Å².